The minimum Gasteiger partial charge on any atom is -0.395 e. The topological polar surface area (TPSA) is 55.8 Å². The highest BCUT2D eigenvalue weighted by atomic mass is 31.2. The van der Waals surface area contributed by atoms with Gasteiger partial charge in [0.2, 0.25) is 0 Å². The van der Waals surface area contributed by atoms with Crippen LogP contribution in [0.1, 0.15) is 114 Å². The van der Waals surface area contributed by atoms with Gasteiger partial charge in [-0.15, -0.1) is 13.2 Å². The van der Waals surface area contributed by atoms with E-state index in [1.165, 1.54) is 51.4 Å². The number of aryl methyl sites for hydroxylation is 2. The van der Waals surface area contributed by atoms with Gasteiger partial charge in [-0.2, -0.15) is 0 Å². The standard InChI is InChI=1S/C42H59O4P/c1-3-5-7-9-11-13-15-17-19-21-23-25-27-31-39-33-29-35-41(37-39)45-47(43,44)46-42-36-30-34-40(38-42)32-28-26-24-22-20-18-16-14-12-10-8-6-4-2/h3-4,7-10,13-16,29-30,33-38H,1-2,5-6,11-12,17-28,31-32H2,(H,43,44)/b9-7+,10-8+,15-13+,16-14+. The molecule has 0 fully saturated rings. The first-order valence-electron chi connectivity index (χ1n) is 17.7. The van der Waals surface area contributed by atoms with Crippen LogP contribution in [0, 0.1) is 0 Å². The van der Waals surface area contributed by atoms with E-state index in [9.17, 15) is 9.46 Å². The molecule has 5 heteroatoms. The molecule has 0 aliphatic rings. The number of hydrogen-bond donors (Lipinski definition) is 1. The zero-order valence-corrected chi connectivity index (χ0v) is 29.5. The smallest absolute Gasteiger partial charge is 0.395 e. The average Bonchev–Trinajstić information content (AvgIpc) is 3.05. The van der Waals surface area contributed by atoms with E-state index >= 15 is 0 Å². The van der Waals surface area contributed by atoms with Crippen LogP contribution in [-0.4, -0.2) is 4.89 Å². The summed E-state index contributed by atoms with van der Waals surface area (Å²) < 4.78 is 23.7. The van der Waals surface area contributed by atoms with Crippen molar-refractivity contribution in [3.8, 4) is 11.5 Å². The molecule has 2 aromatic carbocycles. The summed E-state index contributed by atoms with van der Waals surface area (Å²) in [6, 6.07) is 14.9. The lowest BCUT2D eigenvalue weighted by molar-refractivity contribution is 0.291. The lowest BCUT2D eigenvalue weighted by Gasteiger charge is -2.15. The molecule has 4 nitrogen and oxygen atoms in total. The summed E-state index contributed by atoms with van der Waals surface area (Å²) in [6.07, 6.45) is 41.3. The Kier molecular flexibility index (Phi) is 22.6. The van der Waals surface area contributed by atoms with Crippen LogP contribution in [0.4, 0.5) is 0 Å². The second-order valence-electron chi connectivity index (χ2n) is 12.0. The number of unbranched alkanes of at least 4 members (excludes halogenated alkanes) is 10. The second kappa shape index (κ2) is 26.7. The Hall–Kier alpha value is -3.33. The first kappa shape index (κ1) is 39.8. The lowest BCUT2D eigenvalue weighted by Crippen LogP contribution is -2.00. The molecule has 0 bridgehead atoms. The molecule has 1 N–H and O–H groups in total. The van der Waals surface area contributed by atoms with Crippen LogP contribution < -0.4 is 9.05 Å². The second-order valence-corrected chi connectivity index (χ2v) is 13.3. The Morgan fingerprint density at radius 2 is 0.915 bits per heavy atom. The fourth-order valence-electron chi connectivity index (χ4n) is 5.21. The van der Waals surface area contributed by atoms with Gasteiger partial charge in [-0.3, -0.25) is 4.89 Å². The fraction of sp³-hybridized carbons (Fsp3) is 0.429. The molecular weight excluding hydrogens is 599 g/mol. The van der Waals surface area contributed by atoms with Gasteiger partial charge in [0.15, 0.2) is 0 Å². The quantitative estimate of drug-likeness (QED) is 0.0561. The Morgan fingerprint density at radius 1 is 0.532 bits per heavy atom. The summed E-state index contributed by atoms with van der Waals surface area (Å²) in [7, 11) is -4.32. The molecule has 0 saturated carbocycles. The number of phosphoric ester groups is 1. The molecule has 0 heterocycles. The first-order valence-corrected chi connectivity index (χ1v) is 19.2. The highest BCUT2D eigenvalue weighted by Gasteiger charge is 2.25. The molecule has 2 rings (SSSR count). The Morgan fingerprint density at radius 3 is 1.36 bits per heavy atom. The highest BCUT2D eigenvalue weighted by Crippen LogP contribution is 2.44. The van der Waals surface area contributed by atoms with Gasteiger partial charge in [0, 0.05) is 0 Å². The van der Waals surface area contributed by atoms with E-state index in [-0.39, 0.29) is 0 Å². The van der Waals surface area contributed by atoms with Gasteiger partial charge >= 0.3 is 7.82 Å². The van der Waals surface area contributed by atoms with Gasteiger partial charge < -0.3 is 9.05 Å². The highest BCUT2D eigenvalue weighted by molar-refractivity contribution is 7.48. The molecule has 0 amide bonds. The zero-order chi connectivity index (χ0) is 33.7. The van der Waals surface area contributed by atoms with E-state index in [0.29, 0.717) is 11.5 Å². The van der Waals surface area contributed by atoms with E-state index in [1.54, 1.807) is 12.1 Å². The molecular formula is C42H59O4P. The van der Waals surface area contributed by atoms with Crippen LogP contribution in [0.3, 0.4) is 0 Å². The summed E-state index contributed by atoms with van der Waals surface area (Å²) in [4.78, 5) is 10.5. The number of rotatable bonds is 28. The van der Waals surface area contributed by atoms with E-state index in [0.717, 1.165) is 75.3 Å². The number of benzene rings is 2. The monoisotopic (exact) mass is 658 g/mol. The largest absolute Gasteiger partial charge is 0.584 e. The summed E-state index contributed by atoms with van der Waals surface area (Å²) in [5.74, 6) is 0.706. The predicted molar refractivity (Wildman–Crippen MR) is 202 cm³/mol. The Balaban J connectivity index is 1.62. The number of hydrogen-bond acceptors (Lipinski definition) is 3. The third kappa shape index (κ3) is 22.0. The van der Waals surface area contributed by atoms with Crippen LogP contribution >= 0.6 is 7.82 Å². The SMILES string of the molecule is C=CC/C=C/C/C=C/CCCCCCCc1cccc(OP(=O)(O)Oc2cccc(CCCCCCC/C=C/C/C=C/CC=C)c2)c1. The van der Waals surface area contributed by atoms with Crippen molar-refractivity contribution in [2.24, 2.45) is 0 Å². The van der Waals surface area contributed by atoms with Gasteiger partial charge in [0.05, 0.1) is 0 Å². The van der Waals surface area contributed by atoms with Gasteiger partial charge in [-0.05, 0) is 112 Å². The minimum absolute atomic E-state index is 0.353. The van der Waals surface area contributed by atoms with Crippen LogP contribution in [0.5, 0.6) is 11.5 Å². The van der Waals surface area contributed by atoms with Crippen LogP contribution in [0.15, 0.2) is 122 Å². The number of allylic oxidation sites excluding steroid dienone is 10. The van der Waals surface area contributed by atoms with Crippen molar-refractivity contribution in [3.05, 3.63) is 134 Å². The van der Waals surface area contributed by atoms with Gasteiger partial charge in [0.1, 0.15) is 11.5 Å². The molecule has 0 aliphatic carbocycles. The maximum Gasteiger partial charge on any atom is 0.584 e. The molecule has 0 unspecified atom stereocenters. The first-order chi connectivity index (χ1) is 23.0. The molecule has 0 saturated heterocycles. The van der Waals surface area contributed by atoms with E-state index in [2.05, 4.69) is 61.8 Å². The Labute approximate surface area is 286 Å². The molecule has 2 aromatic rings. The van der Waals surface area contributed by atoms with Crippen molar-refractivity contribution < 1.29 is 18.5 Å². The zero-order valence-electron chi connectivity index (χ0n) is 28.7. The molecule has 0 atom stereocenters. The summed E-state index contributed by atoms with van der Waals surface area (Å²) in [6.45, 7) is 7.44. The molecule has 256 valence electrons. The van der Waals surface area contributed by atoms with Crippen molar-refractivity contribution >= 4 is 7.82 Å². The predicted octanol–water partition coefficient (Wildman–Crippen LogP) is 13.2. The molecule has 0 aliphatic heterocycles. The summed E-state index contributed by atoms with van der Waals surface area (Å²) in [5, 5.41) is 0. The van der Waals surface area contributed by atoms with Gasteiger partial charge in [-0.1, -0.05) is 124 Å². The van der Waals surface area contributed by atoms with Crippen LogP contribution in [0.2, 0.25) is 0 Å². The minimum atomic E-state index is -4.32. The average molecular weight is 659 g/mol. The third-order valence-electron chi connectivity index (χ3n) is 7.73. The fourth-order valence-corrected chi connectivity index (χ4v) is 6.00. The molecule has 0 spiro atoms. The third-order valence-corrected chi connectivity index (χ3v) is 8.61. The molecule has 0 aromatic heterocycles. The Bertz CT molecular complexity index is 1190. The van der Waals surface area contributed by atoms with Crippen LogP contribution in [0.25, 0.3) is 0 Å². The van der Waals surface area contributed by atoms with E-state index in [4.69, 9.17) is 9.05 Å². The maximum absolute atomic E-state index is 12.8. The molecule has 47 heavy (non-hydrogen) atoms. The van der Waals surface area contributed by atoms with Crippen molar-refractivity contribution in [1.29, 1.82) is 0 Å². The summed E-state index contributed by atoms with van der Waals surface area (Å²) >= 11 is 0. The van der Waals surface area contributed by atoms with Gasteiger partial charge in [-0.25, -0.2) is 4.57 Å². The van der Waals surface area contributed by atoms with E-state index in [1.807, 2.05) is 48.6 Å². The van der Waals surface area contributed by atoms with Gasteiger partial charge in [0.25, 0.3) is 0 Å². The van der Waals surface area contributed by atoms with Crippen molar-refractivity contribution in [3.63, 3.8) is 0 Å². The normalized spacial score (nSPS) is 12.1. The van der Waals surface area contributed by atoms with Crippen LogP contribution in [-0.2, 0) is 17.4 Å². The van der Waals surface area contributed by atoms with Crippen molar-refractivity contribution in [2.75, 3.05) is 0 Å². The van der Waals surface area contributed by atoms with Crippen molar-refractivity contribution in [2.45, 2.75) is 116 Å². The molecule has 0 radical (unpaired) electrons. The number of phosphoric acid groups is 1. The van der Waals surface area contributed by atoms with E-state index < -0.39 is 7.82 Å². The maximum atomic E-state index is 12.8. The van der Waals surface area contributed by atoms with Crippen molar-refractivity contribution in [1.82, 2.24) is 0 Å². The summed E-state index contributed by atoms with van der Waals surface area (Å²) in [5.41, 5.74) is 2.20. The lowest BCUT2D eigenvalue weighted by atomic mass is 10.0.